The lowest BCUT2D eigenvalue weighted by Crippen LogP contribution is -2.19. The fourth-order valence-corrected chi connectivity index (χ4v) is 4.96. The largest absolute Gasteiger partial charge is 0.366 e. The molecule has 1 aromatic heterocycles. The van der Waals surface area contributed by atoms with Crippen LogP contribution in [0.1, 0.15) is 34.7 Å². The van der Waals surface area contributed by atoms with Crippen molar-refractivity contribution in [3.63, 3.8) is 0 Å². The van der Waals surface area contributed by atoms with Gasteiger partial charge in [0, 0.05) is 23.1 Å². The maximum atomic E-state index is 14.5. The van der Waals surface area contributed by atoms with Gasteiger partial charge in [0.1, 0.15) is 5.82 Å². The van der Waals surface area contributed by atoms with Gasteiger partial charge in [-0.2, -0.15) is 10.6 Å². The number of aromatic amines is 1. The summed E-state index contributed by atoms with van der Waals surface area (Å²) in [6, 6.07) is 1.37. The van der Waals surface area contributed by atoms with Gasteiger partial charge in [-0.05, 0) is 46.3 Å². The molecule has 0 saturated carbocycles. The van der Waals surface area contributed by atoms with Crippen molar-refractivity contribution in [3.8, 4) is 0 Å². The SMILES string of the molecule is NC(=O)c1cc(Br)c(F)c2c(C3CCS(O)(O)CC3)c[nH]c12. The molecule has 0 aliphatic carbocycles. The van der Waals surface area contributed by atoms with E-state index in [1.807, 2.05) is 0 Å². The van der Waals surface area contributed by atoms with E-state index in [0.29, 0.717) is 35.3 Å². The molecule has 2 aromatic rings. The lowest BCUT2D eigenvalue weighted by Gasteiger charge is -2.39. The number of H-pyrrole nitrogens is 1. The number of aromatic nitrogens is 1. The fourth-order valence-electron chi connectivity index (χ4n) is 3.00. The van der Waals surface area contributed by atoms with E-state index in [1.54, 1.807) is 6.20 Å². The van der Waals surface area contributed by atoms with E-state index < -0.39 is 22.3 Å². The van der Waals surface area contributed by atoms with Crippen molar-refractivity contribution in [2.45, 2.75) is 18.8 Å². The number of carbonyl (C=O) groups is 1. The highest BCUT2D eigenvalue weighted by Gasteiger charge is 2.29. The van der Waals surface area contributed by atoms with Crippen LogP contribution in [0, 0.1) is 5.82 Å². The molecule has 0 atom stereocenters. The zero-order valence-electron chi connectivity index (χ0n) is 11.6. The number of primary amides is 1. The molecule has 1 aromatic carbocycles. The van der Waals surface area contributed by atoms with Gasteiger partial charge in [0.25, 0.3) is 5.91 Å². The van der Waals surface area contributed by atoms with Gasteiger partial charge < -0.3 is 10.7 Å². The van der Waals surface area contributed by atoms with Crippen LogP contribution in [-0.4, -0.2) is 31.5 Å². The van der Waals surface area contributed by atoms with Crippen LogP contribution < -0.4 is 5.73 Å². The highest BCUT2D eigenvalue weighted by atomic mass is 79.9. The molecule has 120 valence electrons. The third-order valence-electron chi connectivity index (χ3n) is 4.17. The number of benzene rings is 1. The Kier molecular flexibility index (Phi) is 3.96. The van der Waals surface area contributed by atoms with Crippen LogP contribution in [0.25, 0.3) is 10.9 Å². The Balaban J connectivity index is 2.10. The summed E-state index contributed by atoms with van der Waals surface area (Å²) in [5, 5.41) is 0.353. The second-order valence-electron chi connectivity index (χ2n) is 5.56. The van der Waals surface area contributed by atoms with Gasteiger partial charge in [0.05, 0.1) is 15.6 Å². The summed E-state index contributed by atoms with van der Waals surface area (Å²) in [6.45, 7) is 0. The monoisotopic (exact) mass is 390 g/mol. The summed E-state index contributed by atoms with van der Waals surface area (Å²) in [4.78, 5) is 14.5. The third kappa shape index (κ3) is 2.64. The highest BCUT2D eigenvalue weighted by molar-refractivity contribution is 9.10. The van der Waals surface area contributed by atoms with Crippen LogP contribution in [0.2, 0.25) is 0 Å². The Bertz CT molecular complexity index is 752. The summed E-state index contributed by atoms with van der Waals surface area (Å²) in [5.41, 5.74) is 6.73. The van der Waals surface area contributed by atoms with Crippen molar-refractivity contribution >= 4 is 43.3 Å². The van der Waals surface area contributed by atoms with Gasteiger partial charge in [0.2, 0.25) is 0 Å². The van der Waals surface area contributed by atoms with Crippen LogP contribution in [0.15, 0.2) is 16.7 Å². The average Bonchev–Trinajstić information content (AvgIpc) is 2.87. The first-order valence-electron chi connectivity index (χ1n) is 6.82. The summed E-state index contributed by atoms with van der Waals surface area (Å²) in [6.07, 6.45) is 2.84. The number of halogens is 2. The molecule has 0 radical (unpaired) electrons. The molecule has 1 fully saturated rings. The first kappa shape index (κ1) is 15.8. The minimum Gasteiger partial charge on any atom is -0.366 e. The van der Waals surface area contributed by atoms with E-state index in [2.05, 4.69) is 20.9 Å². The molecule has 3 rings (SSSR count). The van der Waals surface area contributed by atoms with Crippen molar-refractivity contribution < 1.29 is 18.3 Å². The van der Waals surface area contributed by atoms with Crippen LogP contribution in [0.5, 0.6) is 0 Å². The first-order chi connectivity index (χ1) is 10.3. The molecule has 0 spiro atoms. The Morgan fingerprint density at radius 2 is 2.05 bits per heavy atom. The highest BCUT2D eigenvalue weighted by Crippen LogP contribution is 2.49. The minimum atomic E-state index is -2.49. The number of amides is 1. The van der Waals surface area contributed by atoms with Crippen LogP contribution in [0.3, 0.4) is 0 Å². The Labute approximate surface area is 136 Å². The maximum Gasteiger partial charge on any atom is 0.250 e. The van der Waals surface area contributed by atoms with Crippen molar-refractivity contribution in [2.24, 2.45) is 5.73 Å². The molecule has 5 nitrogen and oxygen atoms in total. The molecule has 0 bridgehead atoms. The molecule has 1 aliphatic rings. The number of hydrogen-bond acceptors (Lipinski definition) is 3. The van der Waals surface area contributed by atoms with Crippen LogP contribution in [-0.2, 0) is 0 Å². The van der Waals surface area contributed by atoms with Crippen LogP contribution in [0.4, 0.5) is 4.39 Å². The van der Waals surface area contributed by atoms with E-state index in [9.17, 15) is 18.3 Å². The topological polar surface area (TPSA) is 99.3 Å². The number of hydrogen-bond donors (Lipinski definition) is 4. The number of rotatable bonds is 2. The second kappa shape index (κ2) is 5.52. The normalized spacial score (nSPS) is 20.2. The van der Waals surface area contributed by atoms with Gasteiger partial charge in [-0.25, -0.2) is 4.39 Å². The van der Waals surface area contributed by atoms with Gasteiger partial charge in [-0.15, -0.1) is 0 Å². The fraction of sp³-hybridized carbons (Fsp3) is 0.357. The predicted octanol–water partition coefficient (Wildman–Crippen LogP) is 3.80. The zero-order valence-corrected chi connectivity index (χ0v) is 14.0. The van der Waals surface area contributed by atoms with Crippen molar-refractivity contribution in [1.82, 2.24) is 4.98 Å². The molecular weight excluding hydrogens is 375 g/mol. The van der Waals surface area contributed by atoms with E-state index >= 15 is 0 Å². The van der Waals surface area contributed by atoms with Gasteiger partial charge >= 0.3 is 0 Å². The molecule has 5 N–H and O–H groups in total. The molecule has 8 heteroatoms. The Morgan fingerprint density at radius 3 is 2.64 bits per heavy atom. The number of carbonyl (C=O) groups excluding carboxylic acids is 1. The van der Waals surface area contributed by atoms with Gasteiger partial charge in [-0.3, -0.25) is 13.9 Å². The average molecular weight is 391 g/mol. The van der Waals surface area contributed by atoms with Crippen molar-refractivity contribution in [1.29, 1.82) is 0 Å². The van der Waals surface area contributed by atoms with E-state index in [4.69, 9.17) is 5.73 Å². The second-order valence-corrected chi connectivity index (χ2v) is 8.84. The lowest BCUT2D eigenvalue weighted by molar-refractivity contribution is 0.100. The maximum absolute atomic E-state index is 14.5. The minimum absolute atomic E-state index is 0.0261. The molecule has 0 unspecified atom stereocenters. The molecule has 2 heterocycles. The lowest BCUT2D eigenvalue weighted by atomic mass is 9.92. The van der Waals surface area contributed by atoms with Gasteiger partial charge in [0.15, 0.2) is 0 Å². The predicted molar refractivity (Wildman–Crippen MR) is 89.0 cm³/mol. The van der Waals surface area contributed by atoms with Gasteiger partial charge in [-0.1, -0.05) is 0 Å². The van der Waals surface area contributed by atoms with E-state index in [1.165, 1.54) is 6.07 Å². The first-order valence-corrected chi connectivity index (χ1v) is 9.50. The van der Waals surface area contributed by atoms with Crippen molar-refractivity contribution in [3.05, 3.63) is 33.7 Å². The summed E-state index contributed by atoms with van der Waals surface area (Å²) in [5.74, 6) is -0.394. The van der Waals surface area contributed by atoms with E-state index in [0.717, 1.165) is 5.56 Å². The standard InChI is InChI=1S/C14H16BrFN2O3S/c15-10-5-8(14(17)19)13-11(12(10)16)9(6-18-13)7-1-3-22(20,21)4-2-7/h5-7,18,20-21H,1-4H2,(H2,17,19). The summed E-state index contributed by atoms with van der Waals surface area (Å²) >= 11 is 3.12. The number of fused-ring (bicyclic) bond motifs is 1. The third-order valence-corrected chi connectivity index (χ3v) is 6.53. The van der Waals surface area contributed by atoms with Crippen LogP contribution >= 0.6 is 26.5 Å². The smallest absolute Gasteiger partial charge is 0.250 e. The molecule has 1 aliphatic heterocycles. The molecule has 1 saturated heterocycles. The zero-order chi connectivity index (χ0) is 16.1. The Morgan fingerprint density at radius 1 is 1.41 bits per heavy atom. The van der Waals surface area contributed by atoms with E-state index in [-0.39, 0.29) is 16.0 Å². The van der Waals surface area contributed by atoms with Crippen molar-refractivity contribution in [2.75, 3.05) is 11.5 Å². The number of nitrogens with one attached hydrogen (secondary N) is 1. The quantitative estimate of drug-likeness (QED) is 0.627. The molecule has 22 heavy (non-hydrogen) atoms. The molecule has 1 amide bonds. The summed E-state index contributed by atoms with van der Waals surface area (Å²) in [7, 11) is -2.49. The molecular formula is C14H16BrFN2O3S. The Hall–Kier alpha value is -1.09. The number of nitrogens with two attached hydrogens (primary N) is 1. The summed E-state index contributed by atoms with van der Waals surface area (Å²) < 4.78 is 34.1.